The zero-order valence-corrected chi connectivity index (χ0v) is 9.47. The van der Waals surface area contributed by atoms with E-state index in [9.17, 15) is 5.11 Å². The summed E-state index contributed by atoms with van der Waals surface area (Å²) in [7, 11) is 0. The molecule has 0 aliphatic heterocycles. The fraction of sp³-hybridized carbons (Fsp3) is 0.455. The van der Waals surface area contributed by atoms with Gasteiger partial charge in [-0.3, -0.25) is 0 Å². The van der Waals surface area contributed by atoms with Crippen LogP contribution in [0.4, 0.5) is 0 Å². The molecule has 0 saturated heterocycles. The van der Waals surface area contributed by atoms with Gasteiger partial charge in [0, 0.05) is 4.90 Å². The second-order valence-electron chi connectivity index (χ2n) is 3.41. The molecule has 0 bridgehead atoms. The Hall–Kier alpha value is -0.670. The monoisotopic (exact) mass is 211 g/mol. The number of benzene rings is 1. The average molecular weight is 211 g/mol. The molecule has 0 amide bonds. The van der Waals surface area contributed by atoms with Crippen molar-refractivity contribution in [2.45, 2.75) is 24.2 Å². The van der Waals surface area contributed by atoms with Crippen molar-refractivity contribution in [3.8, 4) is 5.75 Å². The van der Waals surface area contributed by atoms with E-state index >= 15 is 0 Å². The first-order valence-electron chi connectivity index (χ1n) is 4.76. The van der Waals surface area contributed by atoms with Gasteiger partial charge in [-0.1, -0.05) is 13.0 Å². The highest BCUT2D eigenvalue weighted by Gasteiger charge is 2.07. The van der Waals surface area contributed by atoms with E-state index in [-0.39, 0.29) is 0 Å². The van der Waals surface area contributed by atoms with Gasteiger partial charge in [0.25, 0.3) is 0 Å². The van der Waals surface area contributed by atoms with Crippen molar-refractivity contribution in [3.05, 3.63) is 23.8 Å². The van der Waals surface area contributed by atoms with Crippen LogP contribution in [0.15, 0.2) is 23.1 Å². The topological polar surface area (TPSA) is 46.2 Å². The van der Waals surface area contributed by atoms with Crippen LogP contribution in [-0.2, 0) is 0 Å². The van der Waals surface area contributed by atoms with E-state index < -0.39 is 0 Å². The lowest BCUT2D eigenvalue weighted by molar-refractivity contribution is 0.460. The zero-order valence-electron chi connectivity index (χ0n) is 8.66. The Morgan fingerprint density at radius 1 is 1.50 bits per heavy atom. The van der Waals surface area contributed by atoms with Gasteiger partial charge in [-0.2, -0.15) is 0 Å². The molecule has 1 atom stereocenters. The normalized spacial score (nSPS) is 12.8. The predicted molar refractivity (Wildman–Crippen MR) is 62.0 cm³/mol. The van der Waals surface area contributed by atoms with Gasteiger partial charge in [0.1, 0.15) is 5.75 Å². The summed E-state index contributed by atoms with van der Waals surface area (Å²) in [6, 6.07) is 5.86. The Kier molecular flexibility index (Phi) is 4.29. The lowest BCUT2D eigenvalue weighted by atomic mass is 9.98. The highest BCUT2D eigenvalue weighted by atomic mass is 32.2. The lowest BCUT2D eigenvalue weighted by Crippen LogP contribution is -2.04. The summed E-state index contributed by atoms with van der Waals surface area (Å²) in [5.41, 5.74) is 6.65. The van der Waals surface area contributed by atoms with Crippen LogP contribution in [0.5, 0.6) is 5.75 Å². The van der Waals surface area contributed by atoms with E-state index in [1.807, 2.05) is 18.4 Å². The van der Waals surface area contributed by atoms with Crippen LogP contribution in [0, 0.1) is 0 Å². The van der Waals surface area contributed by atoms with Crippen molar-refractivity contribution in [1.82, 2.24) is 0 Å². The molecule has 1 unspecified atom stereocenters. The second-order valence-corrected chi connectivity index (χ2v) is 4.26. The molecule has 1 rings (SSSR count). The van der Waals surface area contributed by atoms with Crippen molar-refractivity contribution < 1.29 is 5.11 Å². The Labute approximate surface area is 89.5 Å². The van der Waals surface area contributed by atoms with Gasteiger partial charge in [-0.15, -0.1) is 11.8 Å². The van der Waals surface area contributed by atoms with E-state index in [2.05, 4.69) is 13.0 Å². The molecule has 0 aliphatic carbocycles. The Balaban J connectivity index is 2.85. The van der Waals surface area contributed by atoms with Crippen LogP contribution in [0.25, 0.3) is 0 Å². The Morgan fingerprint density at radius 3 is 2.71 bits per heavy atom. The summed E-state index contributed by atoms with van der Waals surface area (Å²) in [5.74, 6) is 0.792. The quantitative estimate of drug-likeness (QED) is 0.752. The number of aromatic hydroxyl groups is 1. The van der Waals surface area contributed by atoms with Crippen LogP contribution < -0.4 is 5.73 Å². The summed E-state index contributed by atoms with van der Waals surface area (Å²) in [4.78, 5) is 0.925. The minimum atomic E-state index is 0.374. The van der Waals surface area contributed by atoms with Gasteiger partial charge in [0.05, 0.1) is 0 Å². The number of thioether (sulfide) groups is 1. The Morgan fingerprint density at radius 2 is 2.21 bits per heavy atom. The molecule has 0 aliphatic rings. The van der Waals surface area contributed by atoms with Crippen molar-refractivity contribution >= 4 is 11.8 Å². The second kappa shape index (κ2) is 5.27. The first-order valence-corrected chi connectivity index (χ1v) is 5.98. The highest BCUT2D eigenvalue weighted by Crippen LogP contribution is 2.30. The van der Waals surface area contributed by atoms with E-state index in [1.165, 1.54) is 0 Å². The van der Waals surface area contributed by atoms with Gasteiger partial charge in [-0.05, 0) is 42.8 Å². The van der Waals surface area contributed by atoms with Gasteiger partial charge < -0.3 is 10.8 Å². The maximum absolute atomic E-state index is 9.66. The van der Waals surface area contributed by atoms with Crippen LogP contribution in [-0.4, -0.2) is 17.9 Å². The third-order valence-electron chi connectivity index (χ3n) is 2.37. The fourth-order valence-electron chi connectivity index (χ4n) is 1.43. The number of hydrogen-bond acceptors (Lipinski definition) is 3. The molecule has 0 radical (unpaired) electrons. The van der Waals surface area contributed by atoms with Crippen molar-refractivity contribution in [3.63, 3.8) is 0 Å². The van der Waals surface area contributed by atoms with Crippen LogP contribution in [0.2, 0.25) is 0 Å². The molecular formula is C11H17NOS. The van der Waals surface area contributed by atoms with Crippen molar-refractivity contribution in [2.24, 2.45) is 5.73 Å². The summed E-state index contributed by atoms with van der Waals surface area (Å²) < 4.78 is 0. The largest absolute Gasteiger partial charge is 0.507 e. The van der Waals surface area contributed by atoms with Gasteiger partial charge in [-0.25, -0.2) is 0 Å². The third kappa shape index (κ3) is 2.66. The molecular weight excluding hydrogens is 194 g/mol. The summed E-state index contributed by atoms with van der Waals surface area (Å²) in [5, 5.41) is 9.66. The lowest BCUT2D eigenvalue weighted by Gasteiger charge is -2.11. The molecule has 78 valence electrons. The number of nitrogens with two attached hydrogens (primary N) is 1. The van der Waals surface area contributed by atoms with E-state index in [0.29, 0.717) is 18.2 Å². The summed E-state index contributed by atoms with van der Waals surface area (Å²) >= 11 is 1.55. The molecule has 0 aromatic heterocycles. The molecule has 0 spiro atoms. The minimum Gasteiger partial charge on any atom is -0.507 e. The molecule has 1 aromatic carbocycles. The fourth-order valence-corrected chi connectivity index (χ4v) is 1.90. The first-order chi connectivity index (χ1) is 6.69. The first kappa shape index (κ1) is 11.4. The van der Waals surface area contributed by atoms with Gasteiger partial charge in [0.2, 0.25) is 0 Å². The SMILES string of the molecule is CSc1ccc(C(C)CCN)cc1O. The van der Waals surface area contributed by atoms with Crippen LogP contribution >= 0.6 is 11.8 Å². The molecule has 14 heavy (non-hydrogen) atoms. The molecule has 3 N–H and O–H groups in total. The van der Waals surface area contributed by atoms with Crippen molar-refractivity contribution in [2.75, 3.05) is 12.8 Å². The van der Waals surface area contributed by atoms with Crippen molar-refractivity contribution in [1.29, 1.82) is 0 Å². The molecule has 0 heterocycles. The number of hydrogen-bond donors (Lipinski definition) is 2. The smallest absolute Gasteiger partial charge is 0.129 e. The number of phenols is 1. The maximum atomic E-state index is 9.66. The van der Waals surface area contributed by atoms with E-state index in [0.717, 1.165) is 16.9 Å². The molecule has 1 aromatic rings. The molecule has 2 nitrogen and oxygen atoms in total. The summed E-state index contributed by atoms with van der Waals surface area (Å²) in [6.45, 7) is 2.81. The molecule has 0 fully saturated rings. The summed E-state index contributed by atoms with van der Waals surface area (Å²) in [6.07, 6.45) is 2.91. The van der Waals surface area contributed by atoms with Gasteiger partial charge >= 0.3 is 0 Å². The third-order valence-corrected chi connectivity index (χ3v) is 3.16. The molecule has 0 saturated carbocycles. The van der Waals surface area contributed by atoms with Gasteiger partial charge in [0.15, 0.2) is 0 Å². The van der Waals surface area contributed by atoms with Crippen LogP contribution in [0.3, 0.4) is 0 Å². The van der Waals surface area contributed by atoms with E-state index in [1.54, 1.807) is 11.8 Å². The van der Waals surface area contributed by atoms with Crippen LogP contribution in [0.1, 0.15) is 24.8 Å². The highest BCUT2D eigenvalue weighted by molar-refractivity contribution is 7.98. The van der Waals surface area contributed by atoms with E-state index in [4.69, 9.17) is 5.73 Å². The maximum Gasteiger partial charge on any atom is 0.129 e. The number of phenolic OH excluding ortho intramolecular Hbond substituents is 1. The number of rotatable bonds is 4. The Bertz CT molecular complexity index is 301. The molecule has 3 heteroatoms. The predicted octanol–water partition coefficient (Wildman–Crippen LogP) is 2.57. The average Bonchev–Trinajstić information content (AvgIpc) is 2.18. The standard InChI is InChI=1S/C11H17NOS/c1-8(5-6-12)9-3-4-11(14-2)10(13)7-9/h3-4,7-8,13H,5-6,12H2,1-2H3. The zero-order chi connectivity index (χ0) is 10.6. The minimum absolute atomic E-state index is 0.374.